The summed E-state index contributed by atoms with van der Waals surface area (Å²) < 4.78 is 5.63. The van der Waals surface area contributed by atoms with Crippen molar-refractivity contribution in [1.29, 1.82) is 0 Å². The van der Waals surface area contributed by atoms with Gasteiger partial charge in [-0.1, -0.05) is 0 Å². The summed E-state index contributed by atoms with van der Waals surface area (Å²) in [5.74, 6) is -0.252. The van der Waals surface area contributed by atoms with E-state index in [4.69, 9.17) is 4.74 Å². The maximum Gasteiger partial charge on any atom is 0.293 e. The van der Waals surface area contributed by atoms with E-state index >= 15 is 0 Å². The predicted octanol–water partition coefficient (Wildman–Crippen LogP) is 2.26. The molecule has 0 aliphatic carbocycles. The van der Waals surface area contributed by atoms with E-state index in [1.54, 1.807) is 6.07 Å². The molecule has 7 nitrogen and oxygen atoms in total. The number of amides is 1. The van der Waals surface area contributed by atoms with E-state index in [9.17, 15) is 14.9 Å². The molecule has 2 rings (SSSR count). The van der Waals surface area contributed by atoms with Gasteiger partial charge in [0.15, 0.2) is 0 Å². The molecule has 0 spiro atoms. The van der Waals surface area contributed by atoms with Crippen LogP contribution in [0.5, 0.6) is 0 Å². The zero-order chi connectivity index (χ0) is 17.1. The Labute approximate surface area is 135 Å². The van der Waals surface area contributed by atoms with Crippen LogP contribution in [0.25, 0.3) is 0 Å². The molecule has 1 aromatic carbocycles. The maximum absolute atomic E-state index is 12.2. The van der Waals surface area contributed by atoms with E-state index in [1.807, 2.05) is 32.6 Å². The van der Waals surface area contributed by atoms with Crippen LogP contribution < -0.4 is 5.32 Å². The van der Waals surface area contributed by atoms with Crippen molar-refractivity contribution in [3.8, 4) is 0 Å². The molecule has 1 aromatic rings. The van der Waals surface area contributed by atoms with E-state index in [-0.39, 0.29) is 36.0 Å². The van der Waals surface area contributed by atoms with Crippen LogP contribution in [0.1, 0.15) is 25.0 Å². The van der Waals surface area contributed by atoms with Gasteiger partial charge in [-0.15, -0.1) is 0 Å². The third-order valence-corrected chi connectivity index (χ3v) is 3.95. The Bertz CT molecular complexity index is 608. The lowest BCUT2D eigenvalue weighted by Crippen LogP contribution is -2.48. The zero-order valence-electron chi connectivity index (χ0n) is 14.0. The van der Waals surface area contributed by atoms with Gasteiger partial charge in [-0.05, 0) is 44.9 Å². The minimum Gasteiger partial charge on any atom is -0.373 e. The number of nitro benzene ring substituents is 1. The number of nitrogens with one attached hydrogen (secondary N) is 1. The smallest absolute Gasteiger partial charge is 0.293 e. The fourth-order valence-corrected chi connectivity index (χ4v) is 2.86. The van der Waals surface area contributed by atoms with E-state index in [0.717, 1.165) is 11.1 Å². The standard InChI is InChI=1S/C16H23N3O4/c1-10-5-14(15(19(21)22)6-11(10)2)17-16(20)9-18-7-12(3)23-13(4)8-18/h5-6,12-13H,7-9H2,1-4H3,(H,17,20)/t12-,13+. The second-order valence-electron chi connectivity index (χ2n) is 6.21. The first-order chi connectivity index (χ1) is 10.8. The molecule has 0 unspecified atom stereocenters. The fraction of sp³-hybridized carbons (Fsp3) is 0.562. The summed E-state index contributed by atoms with van der Waals surface area (Å²) in [5.41, 5.74) is 1.90. The first-order valence-corrected chi connectivity index (χ1v) is 7.69. The van der Waals surface area contributed by atoms with Crippen LogP contribution in [0.3, 0.4) is 0 Å². The Balaban J connectivity index is 2.08. The van der Waals surface area contributed by atoms with Crippen molar-refractivity contribution in [2.45, 2.75) is 39.9 Å². The zero-order valence-corrected chi connectivity index (χ0v) is 14.0. The number of hydrogen-bond donors (Lipinski definition) is 1. The minimum atomic E-state index is -0.471. The predicted molar refractivity (Wildman–Crippen MR) is 87.6 cm³/mol. The fourth-order valence-electron chi connectivity index (χ4n) is 2.86. The summed E-state index contributed by atoms with van der Waals surface area (Å²) in [6.07, 6.45) is 0.144. The molecule has 2 atom stereocenters. The van der Waals surface area contributed by atoms with Crippen molar-refractivity contribution in [3.63, 3.8) is 0 Å². The van der Waals surface area contributed by atoms with Gasteiger partial charge in [-0.2, -0.15) is 0 Å². The lowest BCUT2D eigenvalue weighted by Gasteiger charge is -2.34. The second-order valence-corrected chi connectivity index (χ2v) is 6.21. The van der Waals surface area contributed by atoms with Gasteiger partial charge in [0.2, 0.25) is 5.91 Å². The van der Waals surface area contributed by atoms with Crippen molar-refractivity contribution < 1.29 is 14.5 Å². The number of benzene rings is 1. The summed E-state index contributed by atoms with van der Waals surface area (Å²) in [6.45, 7) is 9.15. The monoisotopic (exact) mass is 321 g/mol. The average Bonchev–Trinajstić information content (AvgIpc) is 2.40. The summed E-state index contributed by atoms with van der Waals surface area (Å²) in [4.78, 5) is 24.9. The molecule has 0 saturated carbocycles. The van der Waals surface area contributed by atoms with Crippen LogP contribution in [0.2, 0.25) is 0 Å². The van der Waals surface area contributed by atoms with Crippen molar-refractivity contribution in [1.82, 2.24) is 4.90 Å². The van der Waals surface area contributed by atoms with Gasteiger partial charge in [-0.3, -0.25) is 19.8 Å². The number of nitro groups is 1. The van der Waals surface area contributed by atoms with Crippen molar-refractivity contribution in [2.24, 2.45) is 0 Å². The van der Waals surface area contributed by atoms with Crippen LogP contribution >= 0.6 is 0 Å². The van der Waals surface area contributed by atoms with Crippen LogP contribution in [0, 0.1) is 24.0 Å². The van der Waals surface area contributed by atoms with Gasteiger partial charge in [0.25, 0.3) is 5.69 Å². The maximum atomic E-state index is 12.2. The van der Waals surface area contributed by atoms with E-state index < -0.39 is 4.92 Å². The second kappa shape index (κ2) is 7.06. The highest BCUT2D eigenvalue weighted by Crippen LogP contribution is 2.28. The van der Waals surface area contributed by atoms with Gasteiger partial charge in [-0.25, -0.2) is 0 Å². The molecule has 1 aliphatic rings. The third-order valence-electron chi connectivity index (χ3n) is 3.95. The average molecular weight is 321 g/mol. The normalized spacial score (nSPS) is 21.9. The number of carbonyl (C=O) groups is 1. The highest BCUT2D eigenvalue weighted by molar-refractivity contribution is 5.94. The van der Waals surface area contributed by atoms with Crippen LogP contribution in [-0.4, -0.2) is 47.6 Å². The Morgan fingerprint density at radius 3 is 2.43 bits per heavy atom. The molecular weight excluding hydrogens is 298 g/mol. The number of morpholine rings is 1. The van der Waals surface area contributed by atoms with Gasteiger partial charge in [0, 0.05) is 19.2 Å². The lowest BCUT2D eigenvalue weighted by atomic mass is 10.1. The Hall–Kier alpha value is -1.99. The number of aryl methyl sites for hydroxylation is 2. The van der Waals surface area contributed by atoms with Crippen LogP contribution in [0.15, 0.2) is 12.1 Å². The molecule has 23 heavy (non-hydrogen) atoms. The highest BCUT2D eigenvalue weighted by atomic mass is 16.6. The van der Waals surface area contributed by atoms with Crippen LogP contribution in [0.4, 0.5) is 11.4 Å². The molecule has 0 bridgehead atoms. The molecular formula is C16H23N3O4. The minimum absolute atomic E-state index is 0.0718. The molecule has 1 N–H and O–H groups in total. The summed E-state index contributed by atoms with van der Waals surface area (Å²) >= 11 is 0. The first-order valence-electron chi connectivity index (χ1n) is 7.69. The molecule has 1 saturated heterocycles. The largest absolute Gasteiger partial charge is 0.373 e. The summed E-state index contributed by atoms with van der Waals surface area (Å²) in [6, 6.07) is 3.14. The molecule has 1 heterocycles. The van der Waals surface area contributed by atoms with E-state index in [0.29, 0.717) is 13.1 Å². The van der Waals surface area contributed by atoms with Gasteiger partial charge in [0.05, 0.1) is 23.7 Å². The van der Waals surface area contributed by atoms with Gasteiger partial charge >= 0.3 is 0 Å². The molecule has 0 radical (unpaired) electrons. The van der Waals surface area contributed by atoms with Gasteiger partial charge < -0.3 is 10.1 Å². The quantitative estimate of drug-likeness (QED) is 0.679. The van der Waals surface area contributed by atoms with E-state index in [2.05, 4.69) is 5.32 Å². The number of rotatable bonds is 4. The number of nitrogens with zero attached hydrogens (tertiary/aromatic N) is 2. The van der Waals surface area contributed by atoms with Crippen molar-refractivity contribution in [3.05, 3.63) is 33.4 Å². The first kappa shape index (κ1) is 17.4. The SMILES string of the molecule is Cc1cc(NC(=O)CN2C[C@@H](C)O[C@@H](C)C2)c([N+](=O)[O-])cc1C. The molecule has 7 heteroatoms. The van der Waals surface area contributed by atoms with E-state index in [1.165, 1.54) is 6.07 Å². The van der Waals surface area contributed by atoms with Crippen LogP contribution in [-0.2, 0) is 9.53 Å². The Morgan fingerprint density at radius 1 is 1.30 bits per heavy atom. The Kier molecular flexibility index (Phi) is 5.33. The lowest BCUT2D eigenvalue weighted by molar-refractivity contribution is -0.384. The number of hydrogen-bond acceptors (Lipinski definition) is 5. The number of anilines is 1. The summed E-state index contributed by atoms with van der Waals surface area (Å²) in [5, 5.41) is 13.8. The highest BCUT2D eigenvalue weighted by Gasteiger charge is 2.24. The number of ether oxygens (including phenoxy) is 1. The Morgan fingerprint density at radius 2 is 1.87 bits per heavy atom. The van der Waals surface area contributed by atoms with Gasteiger partial charge in [0.1, 0.15) is 5.69 Å². The molecule has 1 fully saturated rings. The topological polar surface area (TPSA) is 84.7 Å². The molecule has 126 valence electrons. The number of carbonyl (C=O) groups excluding carboxylic acids is 1. The van der Waals surface area contributed by atoms with Crippen molar-refractivity contribution >= 4 is 17.3 Å². The molecule has 1 amide bonds. The third kappa shape index (κ3) is 4.49. The molecule has 0 aromatic heterocycles. The molecule has 1 aliphatic heterocycles. The van der Waals surface area contributed by atoms with Crippen molar-refractivity contribution in [2.75, 3.05) is 25.0 Å². The summed E-state index contributed by atoms with van der Waals surface area (Å²) in [7, 11) is 0.